The van der Waals surface area contributed by atoms with Gasteiger partial charge in [-0.05, 0) is 59.0 Å². The van der Waals surface area contributed by atoms with Gasteiger partial charge in [-0.25, -0.2) is 15.0 Å². The first kappa shape index (κ1) is 32.7. The lowest BCUT2D eigenvalue weighted by Crippen LogP contribution is -2.16. The van der Waals surface area contributed by atoms with E-state index in [4.69, 9.17) is 30.0 Å². The lowest BCUT2D eigenvalue weighted by molar-refractivity contribution is 1.32. The Labute approximate surface area is 232 Å². The zero-order chi connectivity index (χ0) is 27.8. The molecule has 6 nitrogen and oxygen atoms in total. The molecule has 0 aliphatic heterocycles. The average molecular weight is 627 g/mol. The number of nitrogens with two attached hydrogens (primary N) is 3. The third-order valence-corrected chi connectivity index (χ3v) is 5.88. The fourth-order valence-corrected chi connectivity index (χ4v) is 2.46. The molecule has 0 aromatic carbocycles. The number of aromatic nitrogens is 3. The van der Waals surface area contributed by atoms with Crippen LogP contribution in [0.1, 0.15) is 11.1 Å². The maximum absolute atomic E-state index is 5.46. The highest BCUT2D eigenvalue weighted by molar-refractivity contribution is 14.1. The summed E-state index contributed by atoms with van der Waals surface area (Å²) in [6.07, 6.45) is 15.2. The molecule has 0 radical (unpaired) electrons. The van der Waals surface area contributed by atoms with Crippen LogP contribution in [0.5, 0.6) is 0 Å². The van der Waals surface area contributed by atoms with Crippen molar-refractivity contribution in [3.8, 4) is 35.8 Å². The Kier molecular flexibility index (Phi) is 14.9. The highest BCUT2D eigenvalue weighted by Gasteiger charge is 2.07. The topological polar surface area (TPSA) is 117 Å². The number of pyridine rings is 3. The van der Waals surface area contributed by atoms with Crippen molar-refractivity contribution in [3.05, 3.63) is 69.7 Å². The standard InChI is InChI=1S/C10H14N2Si.C7H6N2.C5H5IN2.C5H10Si/c1-13(2,3)7-6-9-4-5-10(11)12-8-9;1-2-6-3-4-7(8)9-5-6;6-4-1-2-5(7)8-3-4;1-5-6(2,3)4/h4-5,8H,1-3H3,(H2,11,12);1,3-5H,(H2,8,9);1-3H,(H2,7,8);1H,2-4H3. The molecule has 188 valence electrons. The van der Waals surface area contributed by atoms with Crippen molar-refractivity contribution in [2.24, 2.45) is 0 Å². The number of rotatable bonds is 0. The number of terminal acetylenes is 2. The smallest absolute Gasteiger partial charge is 0.129 e. The third kappa shape index (κ3) is 19.0. The predicted molar refractivity (Wildman–Crippen MR) is 169 cm³/mol. The minimum absolute atomic E-state index is 0.494. The summed E-state index contributed by atoms with van der Waals surface area (Å²) in [4.78, 5) is 11.6. The van der Waals surface area contributed by atoms with Gasteiger partial charge in [0, 0.05) is 33.3 Å². The van der Waals surface area contributed by atoms with Gasteiger partial charge < -0.3 is 17.2 Å². The largest absolute Gasteiger partial charge is 0.384 e. The van der Waals surface area contributed by atoms with Crippen LogP contribution in [0.3, 0.4) is 0 Å². The van der Waals surface area contributed by atoms with Gasteiger partial charge in [0.15, 0.2) is 0 Å². The van der Waals surface area contributed by atoms with E-state index in [-0.39, 0.29) is 0 Å². The van der Waals surface area contributed by atoms with E-state index in [0.29, 0.717) is 17.5 Å². The number of hydrogen-bond acceptors (Lipinski definition) is 6. The molecule has 0 saturated carbocycles. The molecule has 0 atom stereocenters. The van der Waals surface area contributed by atoms with E-state index in [1.807, 2.05) is 12.1 Å². The summed E-state index contributed by atoms with van der Waals surface area (Å²) in [5, 5.41) is 0. The highest BCUT2D eigenvalue weighted by Crippen LogP contribution is 2.03. The SMILES string of the molecule is C#C[Si](C)(C)C.C#Cc1ccc(N)nc1.C[Si](C)(C)C#Cc1ccc(N)nc1.Nc1ccc(I)cn1. The van der Waals surface area contributed by atoms with E-state index in [0.717, 1.165) is 14.7 Å². The first-order valence-corrected chi connectivity index (χ1v) is 19.0. The summed E-state index contributed by atoms with van der Waals surface area (Å²) in [7, 11) is -2.38. The van der Waals surface area contributed by atoms with Crippen LogP contribution in [0.2, 0.25) is 39.3 Å². The second kappa shape index (κ2) is 16.4. The molecule has 0 aliphatic rings. The number of halogens is 1. The van der Waals surface area contributed by atoms with Gasteiger partial charge in [-0.2, -0.15) is 0 Å². The monoisotopic (exact) mass is 626 g/mol. The number of nitrogens with zero attached hydrogens (tertiary/aromatic N) is 3. The summed E-state index contributed by atoms with van der Waals surface area (Å²) in [5.41, 5.74) is 23.8. The van der Waals surface area contributed by atoms with Gasteiger partial charge in [-0.1, -0.05) is 51.1 Å². The molecule has 0 spiro atoms. The van der Waals surface area contributed by atoms with Gasteiger partial charge in [0.25, 0.3) is 0 Å². The van der Waals surface area contributed by atoms with Crippen LogP contribution < -0.4 is 17.2 Å². The van der Waals surface area contributed by atoms with Gasteiger partial charge in [-0.15, -0.1) is 23.9 Å². The van der Waals surface area contributed by atoms with E-state index >= 15 is 0 Å². The maximum atomic E-state index is 5.46. The Bertz CT molecular complexity index is 1170. The minimum atomic E-state index is -1.27. The molecule has 0 fully saturated rings. The first-order chi connectivity index (χ1) is 16.6. The second-order valence-corrected chi connectivity index (χ2v) is 20.2. The van der Waals surface area contributed by atoms with E-state index in [1.165, 1.54) is 0 Å². The van der Waals surface area contributed by atoms with Gasteiger partial charge >= 0.3 is 0 Å². The molecule has 9 heteroatoms. The van der Waals surface area contributed by atoms with Crippen molar-refractivity contribution in [3.63, 3.8) is 0 Å². The molecule has 3 rings (SSSR count). The van der Waals surface area contributed by atoms with E-state index in [9.17, 15) is 0 Å². The number of nitrogen functional groups attached to an aromatic ring is 3. The van der Waals surface area contributed by atoms with Crippen LogP contribution in [-0.2, 0) is 0 Å². The van der Waals surface area contributed by atoms with Crippen LogP contribution in [0.15, 0.2) is 55.0 Å². The lowest BCUT2D eigenvalue weighted by Gasteiger charge is -2.03. The quantitative estimate of drug-likeness (QED) is 0.177. The molecule has 3 aromatic heterocycles. The molecular formula is C27H35IN6Si2. The summed E-state index contributed by atoms with van der Waals surface area (Å²) >= 11 is 2.18. The van der Waals surface area contributed by atoms with Crippen LogP contribution >= 0.6 is 22.6 Å². The second-order valence-electron chi connectivity index (χ2n) is 9.38. The Morgan fingerprint density at radius 3 is 1.36 bits per heavy atom. The van der Waals surface area contributed by atoms with Crippen molar-refractivity contribution in [2.75, 3.05) is 17.2 Å². The van der Waals surface area contributed by atoms with Crippen molar-refractivity contribution in [1.29, 1.82) is 0 Å². The molecule has 0 bridgehead atoms. The van der Waals surface area contributed by atoms with E-state index in [1.54, 1.807) is 42.9 Å². The minimum Gasteiger partial charge on any atom is -0.384 e. The molecule has 6 N–H and O–H groups in total. The molecule has 3 aromatic rings. The molecule has 0 amide bonds. The fourth-order valence-electron chi connectivity index (χ4n) is 1.62. The van der Waals surface area contributed by atoms with Crippen molar-refractivity contribution in [2.45, 2.75) is 39.3 Å². The molecule has 0 unspecified atom stereocenters. The number of hydrogen-bond donors (Lipinski definition) is 3. The number of anilines is 3. The fraction of sp³-hybridized carbons (Fsp3) is 0.222. The molecule has 3 heterocycles. The summed E-state index contributed by atoms with van der Waals surface area (Å²) in [6, 6.07) is 10.8. The van der Waals surface area contributed by atoms with Crippen LogP contribution in [-0.4, -0.2) is 31.1 Å². The molecule has 0 saturated heterocycles. The Balaban J connectivity index is 0.000000473. The zero-order valence-corrected chi connectivity index (χ0v) is 26.0. The summed E-state index contributed by atoms with van der Waals surface area (Å²) in [6.45, 7) is 13.1. The average Bonchev–Trinajstić information content (AvgIpc) is 2.81. The molecular weight excluding hydrogens is 591 g/mol. The zero-order valence-electron chi connectivity index (χ0n) is 21.8. The van der Waals surface area contributed by atoms with E-state index < -0.39 is 16.1 Å². The lowest BCUT2D eigenvalue weighted by atomic mass is 10.3. The third-order valence-electron chi connectivity index (χ3n) is 3.50. The Hall–Kier alpha value is -3.31. The Morgan fingerprint density at radius 2 is 1.08 bits per heavy atom. The predicted octanol–water partition coefficient (Wildman–Crippen LogP) is 5.30. The summed E-state index contributed by atoms with van der Waals surface area (Å²) in [5.74, 6) is 7.15. The van der Waals surface area contributed by atoms with E-state index in [2.05, 4.69) is 99.8 Å². The van der Waals surface area contributed by atoms with Crippen molar-refractivity contribution in [1.82, 2.24) is 15.0 Å². The van der Waals surface area contributed by atoms with Gasteiger partial charge in [0.1, 0.15) is 33.6 Å². The first-order valence-electron chi connectivity index (χ1n) is 10.9. The summed E-state index contributed by atoms with van der Waals surface area (Å²) < 4.78 is 1.11. The van der Waals surface area contributed by atoms with Crippen molar-refractivity contribution >= 4 is 56.2 Å². The Morgan fingerprint density at radius 1 is 0.667 bits per heavy atom. The van der Waals surface area contributed by atoms with Crippen LogP contribution in [0.25, 0.3) is 0 Å². The molecule has 36 heavy (non-hydrogen) atoms. The maximum Gasteiger partial charge on any atom is 0.129 e. The van der Waals surface area contributed by atoms with Gasteiger partial charge in [0.05, 0.1) is 0 Å². The van der Waals surface area contributed by atoms with Crippen LogP contribution in [0, 0.1) is 39.3 Å². The van der Waals surface area contributed by atoms with Crippen LogP contribution in [0.4, 0.5) is 17.5 Å². The normalized spacial score (nSPS) is 9.58. The van der Waals surface area contributed by atoms with Gasteiger partial charge in [0.2, 0.25) is 0 Å². The highest BCUT2D eigenvalue weighted by atomic mass is 127. The molecule has 0 aliphatic carbocycles. The van der Waals surface area contributed by atoms with Gasteiger partial charge in [-0.3, -0.25) is 0 Å². The van der Waals surface area contributed by atoms with Crippen molar-refractivity contribution < 1.29 is 0 Å².